The molecule has 0 atom stereocenters. The fourth-order valence-corrected chi connectivity index (χ4v) is 1.83. The van der Waals surface area contributed by atoms with Gasteiger partial charge in [0, 0.05) is 17.8 Å². The molecule has 0 unspecified atom stereocenters. The van der Waals surface area contributed by atoms with Gasteiger partial charge in [0.15, 0.2) is 0 Å². The highest BCUT2D eigenvalue weighted by atomic mass is 79.9. The molecule has 0 radical (unpaired) electrons. The molecule has 1 aromatic heterocycles. The van der Waals surface area contributed by atoms with Gasteiger partial charge in [-0.15, -0.1) is 0 Å². The van der Waals surface area contributed by atoms with E-state index in [0.29, 0.717) is 6.61 Å². The van der Waals surface area contributed by atoms with E-state index in [9.17, 15) is 0 Å². The molecule has 0 saturated heterocycles. The summed E-state index contributed by atoms with van der Waals surface area (Å²) in [4.78, 5) is 4.33. The first-order valence-corrected chi connectivity index (χ1v) is 5.63. The highest BCUT2D eigenvalue weighted by molar-refractivity contribution is 9.10. The lowest BCUT2D eigenvalue weighted by molar-refractivity contribution is 0.158. The van der Waals surface area contributed by atoms with Crippen LogP contribution in [0.2, 0.25) is 0 Å². The van der Waals surface area contributed by atoms with E-state index < -0.39 is 0 Å². The van der Waals surface area contributed by atoms with Crippen LogP contribution in [0.1, 0.15) is 19.4 Å². The first-order valence-electron chi connectivity index (χ1n) is 4.84. The van der Waals surface area contributed by atoms with Crippen LogP contribution in [-0.4, -0.2) is 24.2 Å². The lowest BCUT2D eigenvalue weighted by atomic mass is 10.1. The third kappa shape index (κ3) is 3.80. The van der Waals surface area contributed by atoms with Crippen LogP contribution < -0.4 is 5.32 Å². The van der Waals surface area contributed by atoms with Crippen LogP contribution in [0.5, 0.6) is 0 Å². The number of ether oxygens (including phenoxy) is 1. The van der Waals surface area contributed by atoms with Gasteiger partial charge in [-0.25, -0.2) is 4.98 Å². The van der Waals surface area contributed by atoms with E-state index in [2.05, 4.69) is 40.1 Å². The number of hydrogen-bond acceptors (Lipinski definition) is 3. The maximum Gasteiger partial charge on any atom is 0.129 e. The number of pyridine rings is 1. The van der Waals surface area contributed by atoms with Gasteiger partial charge in [-0.2, -0.15) is 0 Å². The first-order chi connectivity index (χ1) is 6.94. The van der Waals surface area contributed by atoms with Crippen molar-refractivity contribution in [2.75, 3.05) is 19.0 Å². The molecule has 0 bridgehead atoms. The van der Waals surface area contributed by atoms with Gasteiger partial charge in [-0.3, -0.25) is 0 Å². The second kappa shape index (κ2) is 4.94. The van der Waals surface area contributed by atoms with Crippen molar-refractivity contribution in [3.05, 3.63) is 22.3 Å². The van der Waals surface area contributed by atoms with Crippen LogP contribution in [0.25, 0.3) is 0 Å². The Morgan fingerprint density at radius 2 is 2.20 bits per heavy atom. The second-order valence-corrected chi connectivity index (χ2v) is 5.18. The Morgan fingerprint density at radius 1 is 1.53 bits per heavy atom. The van der Waals surface area contributed by atoms with Crippen molar-refractivity contribution >= 4 is 21.7 Å². The largest absolute Gasteiger partial charge is 0.382 e. The van der Waals surface area contributed by atoms with Crippen molar-refractivity contribution in [1.29, 1.82) is 0 Å². The molecule has 15 heavy (non-hydrogen) atoms. The van der Waals surface area contributed by atoms with E-state index in [1.54, 1.807) is 13.3 Å². The summed E-state index contributed by atoms with van der Waals surface area (Å²) < 4.78 is 6.14. The van der Waals surface area contributed by atoms with Gasteiger partial charge in [0.1, 0.15) is 5.82 Å². The van der Waals surface area contributed by atoms with Gasteiger partial charge in [-0.05, 0) is 48.3 Å². The SMILES string of the molecule is COCC(C)(C)Nc1ncc(Br)cc1C. The van der Waals surface area contributed by atoms with Gasteiger partial charge in [-0.1, -0.05) is 0 Å². The maximum absolute atomic E-state index is 5.14. The molecular formula is C11H17BrN2O. The lowest BCUT2D eigenvalue weighted by Crippen LogP contribution is -2.36. The number of rotatable bonds is 4. The number of halogens is 1. The van der Waals surface area contributed by atoms with E-state index in [1.807, 2.05) is 13.0 Å². The number of anilines is 1. The molecule has 4 heteroatoms. The van der Waals surface area contributed by atoms with E-state index in [-0.39, 0.29) is 5.54 Å². The van der Waals surface area contributed by atoms with E-state index in [4.69, 9.17) is 4.74 Å². The molecule has 3 nitrogen and oxygen atoms in total. The molecule has 0 aliphatic rings. The van der Waals surface area contributed by atoms with Gasteiger partial charge < -0.3 is 10.1 Å². The molecule has 0 fully saturated rings. The minimum Gasteiger partial charge on any atom is -0.382 e. The van der Waals surface area contributed by atoms with E-state index >= 15 is 0 Å². The summed E-state index contributed by atoms with van der Waals surface area (Å²) >= 11 is 3.39. The van der Waals surface area contributed by atoms with E-state index in [0.717, 1.165) is 15.9 Å². The second-order valence-electron chi connectivity index (χ2n) is 4.26. The van der Waals surface area contributed by atoms with Crippen LogP contribution in [0, 0.1) is 6.92 Å². The molecule has 0 spiro atoms. The fraction of sp³-hybridized carbons (Fsp3) is 0.545. The molecule has 0 aliphatic carbocycles. The number of aromatic nitrogens is 1. The first kappa shape index (κ1) is 12.5. The zero-order chi connectivity index (χ0) is 11.5. The van der Waals surface area contributed by atoms with Gasteiger partial charge in [0.2, 0.25) is 0 Å². The van der Waals surface area contributed by atoms with Crippen molar-refractivity contribution in [3.8, 4) is 0 Å². The average molecular weight is 273 g/mol. The predicted octanol–water partition coefficient (Wildman–Crippen LogP) is 2.99. The summed E-state index contributed by atoms with van der Waals surface area (Å²) in [5.74, 6) is 0.903. The highest BCUT2D eigenvalue weighted by Crippen LogP contribution is 2.20. The normalized spacial score (nSPS) is 11.5. The highest BCUT2D eigenvalue weighted by Gasteiger charge is 2.18. The molecule has 1 aromatic rings. The number of aryl methyl sites for hydroxylation is 1. The Hall–Kier alpha value is -0.610. The maximum atomic E-state index is 5.14. The molecule has 0 aromatic carbocycles. The minimum absolute atomic E-state index is 0.111. The Morgan fingerprint density at radius 3 is 2.73 bits per heavy atom. The summed E-state index contributed by atoms with van der Waals surface area (Å²) in [6, 6.07) is 2.04. The predicted molar refractivity (Wildman–Crippen MR) is 66.3 cm³/mol. The molecule has 0 aliphatic heterocycles. The zero-order valence-corrected chi connectivity index (χ0v) is 11.2. The number of nitrogens with one attached hydrogen (secondary N) is 1. The Bertz CT molecular complexity index is 339. The summed E-state index contributed by atoms with van der Waals surface area (Å²) in [6.45, 7) is 6.84. The third-order valence-electron chi connectivity index (χ3n) is 2.01. The van der Waals surface area contributed by atoms with Gasteiger partial charge >= 0.3 is 0 Å². The van der Waals surface area contributed by atoms with Crippen LogP contribution in [0.3, 0.4) is 0 Å². The van der Waals surface area contributed by atoms with Crippen molar-refractivity contribution in [1.82, 2.24) is 4.98 Å². The lowest BCUT2D eigenvalue weighted by Gasteiger charge is -2.26. The van der Waals surface area contributed by atoms with Crippen molar-refractivity contribution < 1.29 is 4.74 Å². The molecular weight excluding hydrogens is 256 g/mol. The Balaban J connectivity index is 2.80. The number of hydrogen-bond donors (Lipinski definition) is 1. The van der Waals surface area contributed by atoms with Crippen molar-refractivity contribution in [2.24, 2.45) is 0 Å². The monoisotopic (exact) mass is 272 g/mol. The topological polar surface area (TPSA) is 34.1 Å². The molecule has 1 heterocycles. The van der Waals surface area contributed by atoms with Crippen molar-refractivity contribution in [2.45, 2.75) is 26.3 Å². The number of nitrogens with zero attached hydrogens (tertiary/aromatic N) is 1. The Labute approximate surface area is 99.4 Å². The fourth-order valence-electron chi connectivity index (χ4n) is 1.39. The summed E-state index contributed by atoms with van der Waals surface area (Å²) in [6.07, 6.45) is 1.79. The molecule has 0 amide bonds. The standard InChI is InChI=1S/C11H17BrN2O/c1-8-5-9(12)6-13-10(8)14-11(2,3)7-15-4/h5-6H,7H2,1-4H3,(H,13,14). The van der Waals surface area contributed by atoms with Crippen LogP contribution >= 0.6 is 15.9 Å². The van der Waals surface area contributed by atoms with E-state index in [1.165, 1.54) is 0 Å². The Kier molecular flexibility index (Phi) is 4.11. The molecule has 84 valence electrons. The molecule has 1 N–H and O–H groups in total. The third-order valence-corrected chi connectivity index (χ3v) is 2.44. The summed E-state index contributed by atoms with van der Waals surface area (Å²) in [5, 5.41) is 3.36. The van der Waals surface area contributed by atoms with Gasteiger partial charge in [0.05, 0.1) is 12.1 Å². The van der Waals surface area contributed by atoms with Crippen LogP contribution in [-0.2, 0) is 4.74 Å². The average Bonchev–Trinajstić information content (AvgIpc) is 2.09. The van der Waals surface area contributed by atoms with Gasteiger partial charge in [0.25, 0.3) is 0 Å². The minimum atomic E-state index is -0.111. The molecule has 1 rings (SSSR count). The van der Waals surface area contributed by atoms with Crippen molar-refractivity contribution in [3.63, 3.8) is 0 Å². The summed E-state index contributed by atoms with van der Waals surface area (Å²) in [7, 11) is 1.70. The quantitative estimate of drug-likeness (QED) is 0.915. The summed E-state index contributed by atoms with van der Waals surface area (Å²) in [5.41, 5.74) is 1.01. The number of methoxy groups -OCH3 is 1. The van der Waals surface area contributed by atoms with Crippen LogP contribution in [0.15, 0.2) is 16.7 Å². The van der Waals surface area contributed by atoms with Crippen LogP contribution in [0.4, 0.5) is 5.82 Å². The smallest absolute Gasteiger partial charge is 0.129 e. The zero-order valence-electron chi connectivity index (χ0n) is 9.60. The molecule has 0 saturated carbocycles.